The molecule has 1 unspecified atom stereocenters. The monoisotopic (exact) mass is 226 g/mol. The highest BCUT2D eigenvalue weighted by Crippen LogP contribution is 2.25. The first-order chi connectivity index (χ1) is 8.26. The van der Waals surface area contributed by atoms with Gasteiger partial charge in [0, 0.05) is 23.0 Å². The third-order valence-electron chi connectivity index (χ3n) is 2.73. The van der Waals surface area contributed by atoms with Crippen molar-refractivity contribution in [2.24, 2.45) is 0 Å². The van der Waals surface area contributed by atoms with Gasteiger partial charge in [-0.15, -0.1) is 0 Å². The van der Waals surface area contributed by atoms with E-state index in [4.69, 9.17) is 11.0 Å². The van der Waals surface area contributed by atoms with E-state index in [1.54, 1.807) is 10.9 Å². The summed E-state index contributed by atoms with van der Waals surface area (Å²) >= 11 is 0. The molecule has 0 aliphatic carbocycles. The lowest BCUT2D eigenvalue weighted by Gasteiger charge is -2.05. The van der Waals surface area contributed by atoms with Gasteiger partial charge in [0.15, 0.2) is 0 Å². The number of anilines is 1. The van der Waals surface area contributed by atoms with E-state index in [-0.39, 0.29) is 6.04 Å². The Kier molecular flexibility index (Phi) is 3.10. The number of rotatable bonds is 3. The Balaban J connectivity index is 2.37. The lowest BCUT2D eigenvalue weighted by Crippen LogP contribution is -2.05. The number of nitriles is 1. The number of para-hydroxylation sites is 1. The van der Waals surface area contributed by atoms with Crippen LogP contribution in [-0.2, 0) is 0 Å². The molecule has 86 valence electrons. The molecule has 1 heterocycles. The molecule has 1 aromatic heterocycles. The number of benzene rings is 1. The number of hydrogen-bond donors (Lipinski definition) is 1. The van der Waals surface area contributed by atoms with Gasteiger partial charge in [-0.3, -0.25) is 4.68 Å². The molecule has 1 atom stereocenters. The molecule has 0 saturated heterocycles. The number of nitrogens with zero attached hydrogens (tertiary/aromatic N) is 3. The third-order valence-corrected chi connectivity index (χ3v) is 2.73. The van der Waals surface area contributed by atoms with Crippen LogP contribution in [0.15, 0.2) is 36.7 Å². The average Bonchev–Trinajstić information content (AvgIpc) is 2.81. The van der Waals surface area contributed by atoms with Crippen molar-refractivity contribution >= 4 is 5.69 Å². The van der Waals surface area contributed by atoms with Gasteiger partial charge < -0.3 is 5.73 Å². The SMILES string of the molecule is CCC(C#N)n1cc(-c2ccccc2N)cn1. The van der Waals surface area contributed by atoms with Gasteiger partial charge in [0.05, 0.1) is 12.3 Å². The number of aromatic nitrogens is 2. The smallest absolute Gasteiger partial charge is 0.138 e. The van der Waals surface area contributed by atoms with Crippen molar-refractivity contribution in [3.8, 4) is 17.2 Å². The van der Waals surface area contributed by atoms with Crippen molar-refractivity contribution in [1.82, 2.24) is 9.78 Å². The summed E-state index contributed by atoms with van der Waals surface area (Å²) in [6.07, 6.45) is 4.34. The van der Waals surface area contributed by atoms with Gasteiger partial charge in [-0.2, -0.15) is 10.4 Å². The van der Waals surface area contributed by atoms with Crippen LogP contribution in [0.1, 0.15) is 19.4 Å². The molecular weight excluding hydrogens is 212 g/mol. The molecular formula is C13H14N4. The normalized spacial score (nSPS) is 12.0. The van der Waals surface area contributed by atoms with Gasteiger partial charge in [-0.05, 0) is 12.5 Å². The molecule has 0 aliphatic heterocycles. The van der Waals surface area contributed by atoms with E-state index in [9.17, 15) is 0 Å². The van der Waals surface area contributed by atoms with Crippen LogP contribution in [0.2, 0.25) is 0 Å². The molecule has 0 saturated carbocycles. The Morgan fingerprint density at radius 2 is 2.24 bits per heavy atom. The minimum Gasteiger partial charge on any atom is -0.398 e. The van der Waals surface area contributed by atoms with Gasteiger partial charge in [-0.25, -0.2) is 0 Å². The minimum absolute atomic E-state index is 0.214. The number of nitrogens with two attached hydrogens (primary N) is 1. The van der Waals surface area contributed by atoms with Gasteiger partial charge in [-0.1, -0.05) is 25.1 Å². The van der Waals surface area contributed by atoms with Crippen LogP contribution in [0.5, 0.6) is 0 Å². The number of hydrogen-bond acceptors (Lipinski definition) is 3. The van der Waals surface area contributed by atoms with Crippen LogP contribution >= 0.6 is 0 Å². The molecule has 0 bridgehead atoms. The third kappa shape index (κ3) is 2.13. The Morgan fingerprint density at radius 1 is 1.47 bits per heavy atom. The highest BCUT2D eigenvalue weighted by atomic mass is 15.3. The first-order valence-corrected chi connectivity index (χ1v) is 5.55. The summed E-state index contributed by atoms with van der Waals surface area (Å²) in [7, 11) is 0. The van der Waals surface area contributed by atoms with Crippen molar-refractivity contribution in [3.05, 3.63) is 36.7 Å². The first-order valence-electron chi connectivity index (χ1n) is 5.55. The fourth-order valence-electron chi connectivity index (χ4n) is 1.74. The number of nitrogen functional groups attached to an aromatic ring is 1. The summed E-state index contributed by atoms with van der Waals surface area (Å²) in [6, 6.07) is 9.64. The van der Waals surface area contributed by atoms with E-state index in [2.05, 4.69) is 11.2 Å². The van der Waals surface area contributed by atoms with Crippen molar-refractivity contribution in [1.29, 1.82) is 5.26 Å². The molecule has 2 aromatic rings. The second-order valence-corrected chi connectivity index (χ2v) is 3.85. The topological polar surface area (TPSA) is 67.6 Å². The lowest BCUT2D eigenvalue weighted by atomic mass is 10.1. The maximum Gasteiger partial charge on any atom is 0.138 e. The Hall–Kier alpha value is -2.28. The average molecular weight is 226 g/mol. The molecule has 1 aromatic carbocycles. The van der Waals surface area contributed by atoms with E-state index in [1.807, 2.05) is 37.4 Å². The van der Waals surface area contributed by atoms with Gasteiger partial charge in [0.1, 0.15) is 6.04 Å². The molecule has 0 fully saturated rings. The summed E-state index contributed by atoms with van der Waals surface area (Å²) in [5, 5.41) is 13.2. The second kappa shape index (κ2) is 4.71. The predicted molar refractivity (Wildman–Crippen MR) is 67.0 cm³/mol. The molecule has 0 amide bonds. The fourth-order valence-corrected chi connectivity index (χ4v) is 1.74. The largest absolute Gasteiger partial charge is 0.398 e. The van der Waals surface area contributed by atoms with Gasteiger partial charge >= 0.3 is 0 Å². The molecule has 4 nitrogen and oxygen atoms in total. The minimum atomic E-state index is -0.214. The summed E-state index contributed by atoms with van der Waals surface area (Å²) < 4.78 is 1.68. The predicted octanol–water partition coefficient (Wildman–Crippen LogP) is 2.61. The molecule has 0 spiro atoms. The maximum atomic E-state index is 8.98. The Labute approximate surface area is 100 Å². The molecule has 4 heteroatoms. The van der Waals surface area contributed by atoms with Crippen molar-refractivity contribution in [2.75, 3.05) is 5.73 Å². The summed E-state index contributed by atoms with van der Waals surface area (Å²) in [5.41, 5.74) is 8.51. The lowest BCUT2D eigenvalue weighted by molar-refractivity contribution is 0.534. The van der Waals surface area contributed by atoms with Gasteiger partial charge in [0.25, 0.3) is 0 Å². The zero-order valence-corrected chi connectivity index (χ0v) is 9.67. The van der Waals surface area contributed by atoms with Crippen LogP contribution in [0.25, 0.3) is 11.1 Å². The van der Waals surface area contributed by atoms with E-state index in [0.717, 1.165) is 23.2 Å². The highest BCUT2D eigenvalue weighted by molar-refractivity contribution is 5.75. The van der Waals surface area contributed by atoms with Crippen LogP contribution < -0.4 is 5.73 Å². The van der Waals surface area contributed by atoms with Crippen LogP contribution in [0.4, 0.5) is 5.69 Å². The fraction of sp³-hybridized carbons (Fsp3) is 0.231. The van der Waals surface area contributed by atoms with Crippen LogP contribution in [-0.4, -0.2) is 9.78 Å². The molecule has 2 rings (SSSR count). The second-order valence-electron chi connectivity index (χ2n) is 3.85. The van der Waals surface area contributed by atoms with E-state index in [0.29, 0.717) is 0 Å². The molecule has 0 radical (unpaired) electrons. The van der Waals surface area contributed by atoms with Crippen LogP contribution in [0, 0.1) is 11.3 Å². The zero-order valence-electron chi connectivity index (χ0n) is 9.67. The Bertz CT molecular complexity index is 551. The summed E-state index contributed by atoms with van der Waals surface area (Å²) in [5.74, 6) is 0. The summed E-state index contributed by atoms with van der Waals surface area (Å²) in [4.78, 5) is 0. The van der Waals surface area contributed by atoms with Crippen LogP contribution in [0.3, 0.4) is 0 Å². The van der Waals surface area contributed by atoms with Crippen molar-refractivity contribution in [3.63, 3.8) is 0 Å². The molecule has 0 aliphatic rings. The first kappa shape index (κ1) is 11.2. The van der Waals surface area contributed by atoms with E-state index in [1.165, 1.54) is 0 Å². The Morgan fingerprint density at radius 3 is 2.88 bits per heavy atom. The van der Waals surface area contributed by atoms with Crippen molar-refractivity contribution in [2.45, 2.75) is 19.4 Å². The standard InChI is InChI=1S/C13H14N4/c1-2-11(7-14)17-9-10(8-16-17)12-5-3-4-6-13(12)15/h3-6,8-9,11H,2,15H2,1H3. The van der Waals surface area contributed by atoms with E-state index < -0.39 is 0 Å². The molecule has 2 N–H and O–H groups in total. The molecule has 17 heavy (non-hydrogen) atoms. The highest BCUT2D eigenvalue weighted by Gasteiger charge is 2.10. The summed E-state index contributed by atoms with van der Waals surface area (Å²) in [6.45, 7) is 1.96. The maximum absolute atomic E-state index is 8.98. The quantitative estimate of drug-likeness (QED) is 0.818. The van der Waals surface area contributed by atoms with Gasteiger partial charge in [0.2, 0.25) is 0 Å². The van der Waals surface area contributed by atoms with E-state index >= 15 is 0 Å². The van der Waals surface area contributed by atoms with Crippen molar-refractivity contribution < 1.29 is 0 Å². The zero-order chi connectivity index (χ0) is 12.3.